The molecule has 1 aliphatic rings. The molecule has 2 aromatic rings. The van der Waals surface area contributed by atoms with Crippen molar-refractivity contribution in [2.24, 2.45) is 0 Å². The molecule has 0 saturated heterocycles. The summed E-state index contributed by atoms with van der Waals surface area (Å²) < 4.78 is 34.1. The van der Waals surface area contributed by atoms with Crippen LogP contribution in [-0.4, -0.2) is 19.1 Å². The number of halogens is 1. The minimum Gasteiger partial charge on any atom is -0.493 e. The molecule has 0 fully saturated rings. The van der Waals surface area contributed by atoms with E-state index in [1.165, 1.54) is 19.2 Å². The van der Waals surface area contributed by atoms with E-state index in [-0.39, 0.29) is 18.4 Å². The molecule has 6 nitrogen and oxygen atoms in total. The zero-order valence-electron chi connectivity index (χ0n) is 9.40. The first-order chi connectivity index (χ1) is 8.70. The highest BCUT2D eigenvalue weighted by Gasteiger charge is 2.28. The molecule has 1 aromatic carbocycles. The maximum atomic E-state index is 13.8. The number of nitrogen functional groups attached to an aromatic ring is 1. The highest BCUT2D eigenvalue weighted by molar-refractivity contribution is 5.79. The Morgan fingerprint density at radius 3 is 2.89 bits per heavy atom. The van der Waals surface area contributed by atoms with Gasteiger partial charge in [-0.25, -0.2) is 4.39 Å². The lowest BCUT2D eigenvalue weighted by Crippen LogP contribution is -1.95. The van der Waals surface area contributed by atoms with Gasteiger partial charge in [-0.1, -0.05) is 5.16 Å². The van der Waals surface area contributed by atoms with E-state index in [1.54, 1.807) is 0 Å². The fraction of sp³-hybridized carbons (Fsp3) is 0.182. The van der Waals surface area contributed by atoms with Crippen molar-refractivity contribution in [1.82, 2.24) is 5.16 Å². The number of rotatable bonds is 2. The SMILES string of the molecule is COc1c(F)cc2c(c1-c1cc(N)on1)OCO2. The third-order valence-electron chi connectivity index (χ3n) is 2.56. The summed E-state index contributed by atoms with van der Waals surface area (Å²) in [7, 11) is 1.35. The summed E-state index contributed by atoms with van der Waals surface area (Å²) in [6.07, 6.45) is 0. The van der Waals surface area contributed by atoms with Crippen molar-refractivity contribution in [3.05, 3.63) is 17.9 Å². The van der Waals surface area contributed by atoms with Gasteiger partial charge in [0.15, 0.2) is 23.1 Å². The number of benzene rings is 1. The third-order valence-corrected chi connectivity index (χ3v) is 2.56. The molecule has 0 bridgehead atoms. The van der Waals surface area contributed by atoms with Gasteiger partial charge >= 0.3 is 0 Å². The van der Waals surface area contributed by atoms with Crippen LogP contribution < -0.4 is 19.9 Å². The fourth-order valence-electron chi connectivity index (χ4n) is 1.83. The first kappa shape index (κ1) is 10.7. The maximum absolute atomic E-state index is 13.8. The van der Waals surface area contributed by atoms with Crippen molar-refractivity contribution >= 4 is 5.88 Å². The molecular formula is C11H9FN2O4. The Hall–Kier alpha value is -2.44. The van der Waals surface area contributed by atoms with Crippen LogP contribution in [0.5, 0.6) is 17.2 Å². The molecule has 0 radical (unpaired) electrons. The zero-order chi connectivity index (χ0) is 12.7. The van der Waals surface area contributed by atoms with E-state index in [2.05, 4.69) is 5.16 Å². The van der Waals surface area contributed by atoms with Crippen LogP contribution in [0.4, 0.5) is 10.3 Å². The molecule has 0 amide bonds. The van der Waals surface area contributed by atoms with E-state index < -0.39 is 5.82 Å². The van der Waals surface area contributed by atoms with E-state index in [4.69, 9.17) is 24.5 Å². The first-order valence-corrected chi connectivity index (χ1v) is 5.09. The molecule has 2 heterocycles. The number of aromatic nitrogens is 1. The molecule has 0 spiro atoms. The zero-order valence-corrected chi connectivity index (χ0v) is 9.40. The lowest BCUT2D eigenvalue weighted by Gasteiger charge is -2.09. The number of hydrogen-bond acceptors (Lipinski definition) is 6. The van der Waals surface area contributed by atoms with Crippen LogP contribution in [0.15, 0.2) is 16.7 Å². The highest BCUT2D eigenvalue weighted by atomic mass is 19.1. The second-order valence-corrected chi connectivity index (χ2v) is 3.61. The summed E-state index contributed by atoms with van der Waals surface area (Å²) in [4.78, 5) is 0. The molecule has 0 saturated carbocycles. The van der Waals surface area contributed by atoms with Gasteiger partial charge in [-0.2, -0.15) is 0 Å². The molecule has 0 atom stereocenters. The van der Waals surface area contributed by atoms with E-state index in [9.17, 15) is 4.39 Å². The Morgan fingerprint density at radius 2 is 2.22 bits per heavy atom. The van der Waals surface area contributed by atoms with Crippen LogP contribution >= 0.6 is 0 Å². The van der Waals surface area contributed by atoms with Crippen LogP contribution in [0.1, 0.15) is 0 Å². The van der Waals surface area contributed by atoms with E-state index in [1.807, 2.05) is 0 Å². The molecule has 1 aliphatic heterocycles. The van der Waals surface area contributed by atoms with Gasteiger partial charge in [-0.3, -0.25) is 0 Å². The average Bonchev–Trinajstić information content (AvgIpc) is 2.95. The number of ether oxygens (including phenoxy) is 3. The topological polar surface area (TPSA) is 79.7 Å². The summed E-state index contributed by atoms with van der Waals surface area (Å²) in [6.45, 7) is 0.0161. The molecular weight excluding hydrogens is 243 g/mol. The van der Waals surface area contributed by atoms with Crippen LogP contribution in [0, 0.1) is 5.82 Å². The quantitative estimate of drug-likeness (QED) is 0.877. The number of hydrogen-bond donors (Lipinski definition) is 1. The lowest BCUT2D eigenvalue weighted by molar-refractivity contribution is 0.174. The third kappa shape index (κ3) is 1.44. The van der Waals surface area contributed by atoms with Gasteiger partial charge in [-0.05, 0) is 0 Å². The summed E-state index contributed by atoms with van der Waals surface area (Å²) in [5.74, 6) is 0.210. The Balaban J connectivity index is 2.29. The number of nitrogens with zero attached hydrogens (tertiary/aromatic N) is 1. The minimum absolute atomic E-state index is 0.00699. The lowest BCUT2D eigenvalue weighted by atomic mass is 10.1. The van der Waals surface area contributed by atoms with Gasteiger partial charge in [0.2, 0.25) is 12.7 Å². The van der Waals surface area contributed by atoms with Crippen molar-refractivity contribution < 1.29 is 23.1 Å². The van der Waals surface area contributed by atoms with Crippen molar-refractivity contribution in [1.29, 1.82) is 0 Å². The second kappa shape index (κ2) is 3.80. The van der Waals surface area contributed by atoms with E-state index >= 15 is 0 Å². The second-order valence-electron chi connectivity index (χ2n) is 3.61. The van der Waals surface area contributed by atoms with Gasteiger partial charge in [0, 0.05) is 12.1 Å². The van der Waals surface area contributed by atoms with Gasteiger partial charge in [0.05, 0.1) is 12.7 Å². The number of fused-ring (bicyclic) bond motifs is 1. The summed E-state index contributed by atoms with van der Waals surface area (Å²) in [5.41, 5.74) is 6.10. The monoisotopic (exact) mass is 252 g/mol. The molecule has 94 valence electrons. The predicted octanol–water partition coefficient (Wildman–Crippen LogP) is 1.80. The molecule has 3 rings (SSSR count). The normalized spacial score (nSPS) is 12.8. The van der Waals surface area contributed by atoms with Gasteiger partial charge in [0.1, 0.15) is 5.69 Å². The number of methoxy groups -OCH3 is 1. The Morgan fingerprint density at radius 1 is 1.39 bits per heavy atom. The smallest absolute Gasteiger partial charge is 0.231 e. The maximum Gasteiger partial charge on any atom is 0.231 e. The fourth-order valence-corrected chi connectivity index (χ4v) is 1.83. The highest BCUT2D eigenvalue weighted by Crippen LogP contribution is 2.48. The largest absolute Gasteiger partial charge is 0.493 e. The Bertz CT molecular complexity index is 608. The Kier molecular flexibility index (Phi) is 2.26. The van der Waals surface area contributed by atoms with Crippen LogP contribution in [0.3, 0.4) is 0 Å². The summed E-state index contributed by atoms with van der Waals surface area (Å²) >= 11 is 0. The van der Waals surface area contributed by atoms with Crippen molar-refractivity contribution in [2.75, 3.05) is 19.6 Å². The minimum atomic E-state index is -0.571. The molecule has 0 aliphatic carbocycles. The Labute approximate surface area is 101 Å². The molecule has 7 heteroatoms. The average molecular weight is 252 g/mol. The van der Waals surface area contributed by atoms with Crippen molar-refractivity contribution in [3.8, 4) is 28.5 Å². The number of nitrogens with two attached hydrogens (primary N) is 1. The molecule has 1 aromatic heterocycles. The molecule has 18 heavy (non-hydrogen) atoms. The summed E-state index contributed by atoms with van der Waals surface area (Å²) in [5, 5.41) is 3.73. The van der Waals surface area contributed by atoms with Crippen molar-refractivity contribution in [2.45, 2.75) is 0 Å². The predicted molar refractivity (Wildman–Crippen MR) is 59.0 cm³/mol. The summed E-state index contributed by atoms with van der Waals surface area (Å²) in [6, 6.07) is 2.66. The van der Waals surface area contributed by atoms with E-state index in [0.717, 1.165) is 0 Å². The van der Waals surface area contributed by atoms with Crippen LogP contribution in [-0.2, 0) is 0 Å². The van der Waals surface area contributed by atoms with Gasteiger partial charge < -0.3 is 24.5 Å². The van der Waals surface area contributed by atoms with E-state index in [0.29, 0.717) is 22.8 Å². The standard InChI is InChI=1S/C11H9FN2O4/c1-15-10-5(12)2-7-11(17-4-16-7)9(10)6-3-8(13)18-14-6/h2-3H,4,13H2,1H3. The number of anilines is 1. The van der Waals surface area contributed by atoms with Gasteiger partial charge in [0.25, 0.3) is 0 Å². The van der Waals surface area contributed by atoms with Crippen LogP contribution in [0.25, 0.3) is 11.3 Å². The molecule has 0 unspecified atom stereocenters. The van der Waals surface area contributed by atoms with Gasteiger partial charge in [-0.15, -0.1) is 0 Å². The van der Waals surface area contributed by atoms with Crippen molar-refractivity contribution in [3.63, 3.8) is 0 Å². The molecule has 2 N–H and O–H groups in total. The van der Waals surface area contributed by atoms with Crippen LogP contribution in [0.2, 0.25) is 0 Å². The first-order valence-electron chi connectivity index (χ1n) is 5.09.